The normalized spacial score (nSPS) is 33.0. The van der Waals surface area contributed by atoms with Gasteiger partial charge in [0.1, 0.15) is 6.07 Å². The number of methoxy groups -OCH3 is 2. The largest absolute Gasteiger partial charge is 0.463 e. The van der Waals surface area contributed by atoms with E-state index < -0.39 is 17.9 Å². The van der Waals surface area contributed by atoms with E-state index in [0.29, 0.717) is 59.3 Å². The highest BCUT2D eigenvalue weighted by molar-refractivity contribution is 6.48. The Balaban J connectivity index is 1.72. The molecule has 0 aromatic carbocycles. The number of carbonyl (C=O) groups excluding carboxylic acids is 2. The molecule has 0 aliphatic heterocycles. The maximum Gasteiger partial charge on any atom is 0.463 e. The van der Waals surface area contributed by atoms with Crippen molar-refractivity contribution in [3.8, 4) is 6.07 Å². The Morgan fingerprint density at radius 2 is 1.47 bits per heavy atom. The van der Waals surface area contributed by atoms with Crippen molar-refractivity contribution in [2.24, 2.45) is 38.9 Å². The zero-order valence-electron chi connectivity index (χ0n) is 33.4. The van der Waals surface area contributed by atoms with Gasteiger partial charge < -0.3 is 28.3 Å². The van der Waals surface area contributed by atoms with E-state index in [4.69, 9.17) is 28.3 Å². The summed E-state index contributed by atoms with van der Waals surface area (Å²) >= 11 is 0. The van der Waals surface area contributed by atoms with E-state index in [1.807, 2.05) is 26.0 Å². The minimum absolute atomic E-state index is 0.0178. The van der Waals surface area contributed by atoms with Gasteiger partial charge in [0.15, 0.2) is 11.6 Å². The minimum Gasteiger partial charge on any atom is -0.408 e. The number of nitriles is 1. The second-order valence-electron chi connectivity index (χ2n) is 17.7. The number of nitrogens with zero attached hydrogens (tertiary/aromatic N) is 1. The number of rotatable bonds is 19. The lowest BCUT2D eigenvalue weighted by Gasteiger charge is -2.66. The van der Waals surface area contributed by atoms with Crippen molar-refractivity contribution in [3.63, 3.8) is 0 Å². The first-order chi connectivity index (χ1) is 24.0. The quantitative estimate of drug-likeness (QED) is 0.0988. The second kappa shape index (κ2) is 16.7. The topological polar surface area (TPSA) is 113 Å². The number of ketones is 2. The molecule has 0 spiro atoms. The van der Waals surface area contributed by atoms with Gasteiger partial charge in [-0.2, -0.15) is 5.26 Å². The van der Waals surface area contributed by atoms with Crippen molar-refractivity contribution >= 4 is 18.7 Å². The number of hydrogen-bond donors (Lipinski definition) is 0. The Hall–Kier alpha value is -1.87. The summed E-state index contributed by atoms with van der Waals surface area (Å²) in [6, 6.07) is 2.21. The van der Waals surface area contributed by atoms with Crippen LogP contribution in [0.2, 0.25) is 5.31 Å². The van der Waals surface area contributed by atoms with Crippen molar-refractivity contribution in [3.05, 3.63) is 23.3 Å². The van der Waals surface area contributed by atoms with E-state index in [1.165, 1.54) is 0 Å². The molecule has 0 amide bonds. The predicted molar refractivity (Wildman–Crippen MR) is 199 cm³/mol. The van der Waals surface area contributed by atoms with E-state index in [2.05, 4.69) is 47.6 Å². The number of ether oxygens (including phenoxy) is 4. The van der Waals surface area contributed by atoms with E-state index in [1.54, 1.807) is 14.2 Å². The van der Waals surface area contributed by atoms with Crippen LogP contribution >= 0.6 is 0 Å². The van der Waals surface area contributed by atoms with Gasteiger partial charge in [0, 0.05) is 36.3 Å². The zero-order chi connectivity index (χ0) is 37.7. The molecule has 10 heteroatoms. The average Bonchev–Trinajstić information content (AvgIpc) is 3.09. The fraction of sp³-hybridized carbons (Fsp3) is 0.829. The van der Waals surface area contributed by atoms with Gasteiger partial charge in [-0.1, -0.05) is 73.5 Å². The van der Waals surface area contributed by atoms with Crippen LogP contribution in [0.15, 0.2) is 23.3 Å². The van der Waals surface area contributed by atoms with E-state index in [-0.39, 0.29) is 50.5 Å². The Morgan fingerprint density at radius 1 is 0.882 bits per heavy atom. The SMILES string of the molecule is CCC(C)(C)CC[C@]1(B(OCCOCCOC)OCCOCCOC)CC[C@]2(C)[C@@H](C1)C(=O)C=C1[C@@]3(C)C=C(C#N)C(=O)C(C)(C)[C@@H]3CC[C@]12C. The van der Waals surface area contributed by atoms with Crippen LogP contribution in [0.3, 0.4) is 0 Å². The van der Waals surface area contributed by atoms with E-state index >= 15 is 0 Å². The third-order valence-electron chi connectivity index (χ3n) is 14.1. The van der Waals surface area contributed by atoms with Crippen molar-refractivity contribution in [1.82, 2.24) is 0 Å². The number of hydrogen-bond acceptors (Lipinski definition) is 9. The molecule has 0 N–H and O–H groups in total. The fourth-order valence-corrected chi connectivity index (χ4v) is 10.2. The van der Waals surface area contributed by atoms with Crippen LogP contribution in [0.1, 0.15) is 107 Å². The lowest BCUT2D eigenvalue weighted by atomic mass is 9.34. The zero-order valence-corrected chi connectivity index (χ0v) is 33.4. The smallest absolute Gasteiger partial charge is 0.408 e. The molecule has 0 heterocycles. The molecule has 0 radical (unpaired) electrons. The van der Waals surface area contributed by atoms with Crippen molar-refractivity contribution in [1.29, 1.82) is 5.26 Å². The molecule has 4 rings (SSSR count). The van der Waals surface area contributed by atoms with Gasteiger partial charge in [-0.25, -0.2) is 0 Å². The van der Waals surface area contributed by atoms with Crippen molar-refractivity contribution in [2.75, 3.05) is 67.1 Å². The van der Waals surface area contributed by atoms with Gasteiger partial charge in [-0.15, -0.1) is 0 Å². The summed E-state index contributed by atoms with van der Waals surface area (Å²) in [7, 11) is 2.79. The molecular formula is C41H66BNO8. The van der Waals surface area contributed by atoms with Gasteiger partial charge in [0.2, 0.25) is 0 Å². The van der Waals surface area contributed by atoms with Crippen LogP contribution in [0, 0.1) is 50.2 Å². The Morgan fingerprint density at radius 3 is 2.02 bits per heavy atom. The summed E-state index contributed by atoms with van der Waals surface area (Å²) in [5, 5.41) is 9.65. The molecule has 0 unspecified atom stereocenters. The van der Waals surface area contributed by atoms with Gasteiger partial charge in [-0.05, 0) is 73.2 Å². The minimum atomic E-state index is -0.687. The van der Waals surface area contributed by atoms with Crippen molar-refractivity contribution in [2.45, 2.75) is 112 Å². The molecule has 51 heavy (non-hydrogen) atoms. The van der Waals surface area contributed by atoms with Crippen LogP contribution in [-0.2, 0) is 37.8 Å². The Bertz CT molecular complexity index is 1340. The lowest BCUT2D eigenvalue weighted by molar-refractivity contribution is -0.142. The average molecular weight is 712 g/mol. The Kier molecular flexibility index (Phi) is 13.7. The van der Waals surface area contributed by atoms with Crippen LogP contribution in [0.4, 0.5) is 0 Å². The highest BCUT2D eigenvalue weighted by atomic mass is 16.6. The molecule has 0 saturated heterocycles. The van der Waals surface area contributed by atoms with Crippen molar-refractivity contribution < 1.29 is 37.8 Å². The molecule has 9 nitrogen and oxygen atoms in total. The summed E-state index contributed by atoms with van der Waals surface area (Å²) in [6.07, 6.45) is 10.9. The van der Waals surface area contributed by atoms with Gasteiger partial charge >= 0.3 is 7.12 Å². The van der Waals surface area contributed by atoms with Crippen LogP contribution in [-0.4, -0.2) is 85.8 Å². The first-order valence-corrected chi connectivity index (χ1v) is 19.3. The number of allylic oxidation sites excluding steroid dienone is 4. The molecule has 2 fully saturated rings. The lowest BCUT2D eigenvalue weighted by Crippen LogP contribution is -2.62. The molecule has 4 aliphatic rings. The molecular weight excluding hydrogens is 645 g/mol. The second-order valence-corrected chi connectivity index (χ2v) is 17.7. The summed E-state index contributed by atoms with van der Waals surface area (Å²) in [6.45, 7) is 21.3. The molecule has 4 aliphatic carbocycles. The van der Waals surface area contributed by atoms with Gasteiger partial charge in [0.25, 0.3) is 0 Å². The number of Topliss-reactive ketones (excluding diaryl/α,β-unsaturated/α-hetero) is 1. The summed E-state index contributed by atoms with van der Waals surface area (Å²) < 4.78 is 35.1. The Labute approximate surface area is 308 Å². The highest BCUT2D eigenvalue weighted by Gasteiger charge is 2.68. The molecule has 0 aromatic heterocycles. The highest BCUT2D eigenvalue weighted by Crippen LogP contribution is 2.73. The molecule has 2 saturated carbocycles. The summed E-state index contributed by atoms with van der Waals surface area (Å²) in [5.41, 5.74) is -0.375. The third-order valence-corrected chi connectivity index (χ3v) is 14.1. The first-order valence-electron chi connectivity index (χ1n) is 19.3. The molecule has 286 valence electrons. The fourth-order valence-electron chi connectivity index (χ4n) is 10.2. The third kappa shape index (κ3) is 8.15. The monoisotopic (exact) mass is 711 g/mol. The molecule has 6 atom stereocenters. The molecule has 0 bridgehead atoms. The summed E-state index contributed by atoms with van der Waals surface area (Å²) in [4.78, 5) is 28.2. The maximum absolute atomic E-state index is 14.7. The predicted octanol–water partition coefficient (Wildman–Crippen LogP) is 7.59. The van der Waals surface area contributed by atoms with E-state index in [0.717, 1.165) is 50.5 Å². The van der Waals surface area contributed by atoms with Crippen LogP contribution in [0.25, 0.3) is 0 Å². The van der Waals surface area contributed by atoms with Crippen LogP contribution in [0.5, 0.6) is 0 Å². The van der Waals surface area contributed by atoms with Gasteiger partial charge in [-0.3, -0.25) is 9.59 Å². The van der Waals surface area contributed by atoms with E-state index in [9.17, 15) is 14.9 Å². The number of fused-ring (bicyclic) bond motifs is 5. The van der Waals surface area contributed by atoms with Gasteiger partial charge in [0.05, 0.1) is 58.4 Å². The summed E-state index contributed by atoms with van der Waals surface area (Å²) in [5.74, 6) is -0.131. The van der Waals surface area contributed by atoms with Crippen LogP contribution < -0.4 is 0 Å². The maximum atomic E-state index is 14.7. The molecule has 0 aromatic rings. The standard InChI is InChI=1S/C41H66BNO8/c1-11-36(2,3)14-16-41(42(50-24-22-48-20-18-46-9)51-25-23-49-21-19-47-10)17-15-39(7)31(28-41)32(44)26-34-38(6)27-30(29-43)35(45)37(4,5)33(38)12-13-40(34,39)8/h26-27,31,33H,11-25,28H2,1-10H3/t31-,33-,38-,39+,40+,41-/m0/s1. The first kappa shape index (κ1) is 41.9. The number of carbonyl (C=O) groups is 2.